The lowest BCUT2D eigenvalue weighted by atomic mass is 10.3. The Balaban J connectivity index is 1.91. The summed E-state index contributed by atoms with van der Waals surface area (Å²) in [5.41, 5.74) is 6.52. The minimum absolute atomic E-state index is 0.0185. The van der Waals surface area contributed by atoms with Crippen LogP contribution in [0.2, 0.25) is 0 Å². The number of hydrogen-bond donors (Lipinski definition) is 1. The first-order valence-corrected chi connectivity index (χ1v) is 8.26. The molecule has 0 unspecified atom stereocenters. The van der Waals surface area contributed by atoms with Crippen molar-refractivity contribution in [3.05, 3.63) is 24.0 Å². The molecule has 2 aromatic heterocycles. The fourth-order valence-electron chi connectivity index (χ4n) is 2.99. The van der Waals surface area contributed by atoms with Gasteiger partial charge in [0.2, 0.25) is 17.8 Å². The molecule has 142 valence electrons. The number of aromatic nitrogens is 5. The number of para-hydroxylation sites is 1. The first kappa shape index (κ1) is 17.3. The Morgan fingerprint density at radius 2 is 1.85 bits per heavy atom. The van der Waals surface area contributed by atoms with E-state index in [4.69, 9.17) is 15.2 Å². The number of benzene rings is 1. The van der Waals surface area contributed by atoms with Crippen molar-refractivity contribution in [3.63, 3.8) is 0 Å². The largest absolute Gasteiger partial charge is 0.494 e. The van der Waals surface area contributed by atoms with Crippen LogP contribution < -0.4 is 15.4 Å². The number of nitrogens with zero attached hydrogens (tertiary/aromatic N) is 6. The first-order chi connectivity index (χ1) is 13.1. The molecule has 4 rings (SSSR count). The van der Waals surface area contributed by atoms with Crippen molar-refractivity contribution in [3.8, 4) is 11.7 Å². The third kappa shape index (κ3) is 3.10. The Morgan fingerprint density at radius 3 is 2.56 bits per heavy atom. The zero-order chi connectivity index (χ0) is 19.0. The van der Waals surface area contributed by atoms with Gasteiger partial charge in [-0.25, -0.2) is 13.8 Å². The number of nitrogens with two attached hydrogens (primary N) is 1. The lowest BCUT2D eigenvalue weighted by Crippen LogP contribution is -2.37. The molecule has 0 bridgehead atoms. The van der Waals surface area contributed by atoms with E-state index in [0.717, 1.165) is 0 Å². The SMILES string of the molecule is COc1cccc2c1nc(C(F)F)n2-c1nc(N)nc(N2CCOCC2)n1. The van der Waals surface area contributed by atoms with Gasteiger partial charge >= 0.3 is 0 Å². The van der Waals surface area contributed by atoms with Gasteiger partial charge in [0.1, 0.15) is 11.3 Å². The van der Waals surface area contributed by atoms with Crippen molar-refractivity contribution < 1.29 is 18.3 Å². The second-order valence-corrected chi connectivity index (χ2v) is 5.83. The van der Waals surface area contributed by atoms with Crippen LogP contribution in [0.15, 0.2) is 18.2 Å². The molecule has 3 heterocycles. The summed E-state index contributed by atoms with van der Waals surface area (Å²) in [7, 11) is 1.45. The lowest BCUT2D eigenvalue weighted by molar-refractivity contribution is 0.122. The van der Waals surface area contributed by atoms with Crippen molar-refractivity contribution in [1.82, 2.24) is 24.5 Å². The van der Waals surface area contributed by atoms with Gasteiger partial charge in [-0.3, -0.25) is 4.57 Å². The Hall–Kier alpha value is -3.08. The summed E-state index contributed by atoms with van der Waals surface area (Å²) in [6, 6.07) is 4.98. The predicted octanol–water partition coefficient (Wildman–Crippen LogP) is 1.58. The van der Waals surface area contributed by atoms with Crippen LogP contribution >= 0.6 is 0 Å². The standard InChI is InChI=1S/C16H17F2N7O2/c1-26-10-4-2-3-9-11(10)20-13(12(17)18)25(9)16-22-14(19)21-15(23-16)24-5-7-27-8-6-24/h2-4,12H,5-8H2,1H3,(H2,19,21,22,23). The number of rotatable bonds is 4. The van der Waals surface area contributed by atoms with E-state index in [2.05, 4.69) is 19.9 Å². The summed E-state index contributed by atoms with van der Waals surface area (Å²) in [6.45, 7) is 2.19. The highest BCUT2D eigenvalue weighted by Gasteiger charge is 2.25. The fourth-order valence-corrected chi connectivity index (χ4v) is 2.99. The van der Waals surface area contributed by atoms with E-state index in [0.29, 0.717) is 49.0 Å². The minimum atomic E-state index is -2.84. The third-order valence-electron chi connectivity index (χ3n) is 4.21. The molecule has 2 N–H and O–H groups in total. The Morgan fingerprint density at radius 1 is 1.11 bits per heavy atom. The molecule has 27 heavy (non-hydrogen) atoms. The minimum Gasteiger partial charge on any atom is -0.494 e. The van der Waals surface area contributed by atoms with E-state index in [1.54, 1.807) is 18.2 Å². The second kappa shape index (κ2) is 6.91. The van der Waals surface area contributed by atoms with Crippen LogP contribution in [-0.2, 0) is 4.74 Å². The average Bonchev–Trinajstić information content (AvgIpc) is 3.08. The van der Waals surface area contributed by atoms with Gasteiger partial charge < -0.3 is 20.1 Å². The van der Waals surface area contributed by atoms with Gasteiger partial charge in [-0.05, 0) is 12.1 Å². The van der Waals surface area contributed by atoms with Crippen molar-refractivity contribution in [1.29, 1.82) is 0 Å². The topological polar surface area (TPSA) is 104 Å². The fraction of sp³-hybridized carbons (Fsp3) is 0.375. The predicted molar refractivity (Wildman–Crippen MR) is 93.4 cm³/mol. The smallest absolute Gasteiger partial charge is 0.296 e. The molecular weight excluding hydrogens is 360 g/mol. The molecule has 0 atom stereocenters. The number of halogens is 2. The van der Waals surface area contributed by atoms with E-state index >= 15 is 0 Å². The molecule has 9 nitrogen and oxygen atoms in total. The zero-order valence-electron chi connectivity index (χ0n) is 14.5. The summed E-state index contributed by atoms with van der Waals surface area (Å²) in [4.78, 5) is 18.5. The maximum Gasteiger partial charge on any atom is 0.296 e. The normalized spacial score (nSPS) is 14.9. The highest BCUT2D eigenvalue weighted by molar-refractivity contribution is 5.84. The van der Waals surface area contributed by atoms with Gasteiger partial charge in [-0.1, -0.05) is 6.07 Å². The maximum atomic E-state index is 13.7. The van der Waals surface area contributed by atoms with Crippen LogP contribution in [0.3, 0.4) is 0 Å². The molecule has 3 aromatic rings. The first-order valence-electron chi connectivity index (χ1n) is 8.26. The zero-order valence-corrected chi connectivity index (χ0v) is 14.5. The van der Waals surface area contributed by atoms with E-state index in [1.807, 2.05) is 4.90 Å². The molecular formula is C16H17F2N7O2. The van der Waals surface area contributed by atoms with Gasteiger partial charge in [0, 0.05) is 13.1 Å². The number of hydrogen-bond acceptors (Lipinski definition) is 8. The highest BCUT2D eigenvalue weighted by atomic mass is 19.3. The molecule has 0 amide bonds. The van der Waals surface area contributed by atoms with E-state index in [-0.39, 0.29) is 11.9 Å². The molecule has 1 saturated heterocycles. The van der Waals surface area contributed by atoms with Gasteiger partial charge in [0.25, 0.3) is 6.43 Å². The van der Waals surface area contributed by atoms with Gasteiger partial charge in [0.05, 0.1) is 25.8 Å². The maximum absolute atomic E-state index is 13.7. The Kier molecular flexibility index (Phi) is 4.44. The van der Waals surface area contributed by atoms with Crippen molar-refractivity contribution in [2.75, 3.05) is 44.0 Å². The van der Waals surface area contributed by atoms with Gasteiger partial charge in [0.15, 0.2) is 5.82 Å². The van der Waals surface area contributed by atoms with Crippen molar-refractivity contribution >= 4 is 22.9 Å². The van der Waals surface area contributed by atoms with Crippen LogP contribution in [0.4, 0.5) is 20.7 Å². The van der Waals surface area contributed by atoms with Gasteiger partial charge in [-0.2, -0.15) is 15.0 Å². The second-order valence-electron chi connectivity index (χ2n) is 5.83. The molecule has 1 aliphatic heterocycles. The van der Waals surface area contributed by atoms with Crippen molar-refractivity contribution in [2.24, 2.45) is 0 Å². The number of ether oxygens (including phenoxy) is 2. The Bertz CT molecular complexity index is 973. The Labute approximate surface area is 152 Å². The molecule has 0 radical (unpaired) electrons. The number of methoxy groups -OCH3 is 1. The third-order valence-corrected chi connectivity index (χ3v) is 4.21. The summed E-state index contributed by atoms with van der Waals surface area (Å²) < 4.78 is 39.1. The number of alkyl halides is 2. The van der Waals surface area contributed by atoms with Crippen LogP contribution in [-0.4, -0.2) is 57.9 Å². The average molecular weight is 377 g/mol. The van der Waals surface area contributed by atoms with Gasteiger partial charge in [-0.15, -0.1) is 0 Å². The summed E-state index contributed by atoms with van der Waals surface area (Å²) in [5, 5.41) is 0. The summed E-state index contributed by atoms with van der Waals surface area (Å²) >= 11 is 0. The van der Waals surface area contributed by atoms with E-state index < -0.39 is 12.2 Å². The van der Waals surface area contributed by atoms with Crippen LogP contribution in [0, 0.1) is 0 Å². The molecule has 11 heteroatoms. The number of anilines is 2. The lowest BCUT2D eigenvalue weighted by Gasteiger charge is -2.26. The summed E-state index contributed by atoms with van der Waals surface area (Å²) in [6.07, 6.45) is -2.84. The molecule has 1 fully saturated rings. The quantitative estimate of drug-likeness (QED) is 0.731. The number of morpholine rings is 1. The van der Waals surface area contributed by atoms with Crippen LogP contribution in [0.1, 0.15) is 12.2 Å². The van der Waals surface area contributed by atoms with E-state index in [1.165, 1.54) is 11.7 Å². The molecule has 0 aliphatic carbocycles. The van der Waals surface area contributed by atoms with Crippen LogP contribution in [0.25, 0.3) is 17.0 Å². The number of nitrogen functional groups attached to an aromatic ring is 1. The van der Waals surface area contributed by atoms with E-state index in [9.17, 15) is 8.78 Å². The van der Waals surface area contributed by atoms with Crippen LogP contribution in [0.5, 0.6) is 5.75 Å². The molecule has 1 aromatic carbocycles. The number of fused-ring (bicyclic) bond motifs is 1. The monoisotopic (exact) mass is 377 g/mol. The highest BCUT2D eigenvalue weighted by Crippen LogP contribution is 2.31. The number of imidazole rings is 1. The molecule has 0 spiro atoms. The molecule has 0 saturated carbocycles. The summed E-state index contributed by atoms with van der Waals surface area (Å²) in [5.74, 6) is 0.115. The molecule has 1 aliphatic rings. The van der Waals surface area contributed by atoms with Crippen molar-refractivity contribution in [2.45, 2.75) is 6.43 Å².